The molecule has 0 atom stereocenters. The molecule has 0 aliphatic heterocycles. The van der Waals surface area contributed by atoms with E-state index in [9.17, 15) is 14.4 Å². The molecule has 0 aliphatic rings. The van der Waals surface area contributed by atoms with E-state index in [0.29, 0.717) is 19.3 Å². The minimum absolute atomic E-state index is 0.345. The fourth-order valence-electron chi connectivity index (χ4n) is 9.00. The summed E-state index contributed by atoms with van der Waals surface area (Å²) in [6, 6.07) is 0. The van der Waals surface area contributed by atoms with Crippen molar-refractivity contribution in [2.75, 3.05) is 0 Å². The molecule has 0 aromatic rings. The number of unbranched alkanes of at least 4 members (excludes halogenated alkanes) is 48. The highest BCUT2D eigenvalue weighted by Gasteiger charge is 2.00. The minimum Gasteiger partial charge on any atom is -0.481 e. The van der Waals surface area contributed by atoms with Crippen molar-refractivity contribution >= 4 is 17.9 Å². The molecule has 0 spiro atoms. The number of carboxylic acids is 3. The number of hydrogen-bond acceptors (Lipinski definition) is 3. The molecule has 0 saturated carbocycles. The number of rotatable bonds is 54. The number of hydrogen-bond donors (Lipinski definition) is 3. The first kappa shape index (κ1) is 68.7. The van der Waals surface area contributed by atoms with Crippen LogP contribution in [-0.2, 0) is 14.4 Å². The van der Waals surface area contributed by atoms with E-state index in [4.69, 9.17) is 15.3 Å². The lowest BCUT2D eigenvalue weighted by Gasteiger charge is -2.03. The van der Waals surface area contributed by atoms with Gasteiger partial charge in [-0.2, -0.15) is 0 Å². The van der Waals surface area contributed by atoms with Crippen LogP contribution in [0.4, 0.5) is 0 Å². The highest BCUT2D eigenvalue weighted by molar-refractivity contribution is 5.67. The summed E-state index contributed by atoms with van der Waals surface area (Å²) < 4.78 is 0. The molecule has 6 nitrogen and oxygen atoms in total. The van der Waals surface area contributed by atoms with E-state index in [1.807, 2.05) is 0 Å². The second-order valence-electron chi connectivity index (χ2n) is 20.4. The Morgan fingerprint density at radius 2 is 0.273 bits per heavy atom. The van der Waals surface area contributed by atoms with Gasteiger partial charge in [0.15, 0.2) is 0 Å². The smallest absolute Gasteiger partial charge is 0.303 e. The van der Waals surface area contributed by atoms with Crippen molar-refractivity contribution in [3.63, 3.8) is 0 Å². The Bertz CT molecular complexity index is 905. The lowest BCUT2D eigenvalue weighted by Crippen LogP contribution is -1.93. The highest BCUT2D eigenvalue weighted by atomic mass is 16.4. The molecule has 0 aromatic heterocycles. The average Bonchev–Trinajstić information content (AvgIpc) is 3.29. The van der Waals surface area contributed by atoms with Crippen molar-refractivity contribution in [3.05, 3.63) is 0 Å². The second kappa shape index (κ2) is 65.5. The third kappa shape index (κ3) is 76.7. The Labute approximate surface area is 413 Å². The van der Waals surface area contributed by atoms with E-state index >= 15 is 0 Å². The second-order valence-corrected chi connectivity index (χ2v) is 20.4. The molecule has 0 amide bonds. The van der Waals surface area contributed by atoms with Crippen LogP contribution >= 0.6 is 0 Å². The van der Waals surface area contributed by atoms with Crippen LogP contribution in [0.25, 0.3) is 0 Å². The van der Waals surface area contributed by atoms with Crippen molar-refractivity contribution in [1.82, 2.24) is 0 Å². The highest BCUT2D eigenvalue weighted by Crippen LogP contribution is 2.17. The first-order chi connectivity index (χ1) is 32.3. The quantitative estimate of drug-likeness (QED) is 0.0524. The molecular formula is C60H120O6. The minimum atomic E-state index is -0.653. The molecule has 0 aliphatic carbocycles. The van der Waals surface area contributed by atoms with Gasteiger partial charge in [0.05, 0.1) is 0 Å². The van der Waals surface area contributed by atoms with Gasteiger partial charge >= 0.3 is 17.9 Å². The van der Waals surface area contributed by atoms with Crippen LogP contribution in [0.15, 0.2) is 0 Å². The standard InChI is InChI=1S/C22H44O2.C20H40O2.C18H36O2/c1-2-3-4-5-6-7-8-9-10-11-12-13-14-15-16-17-18-19-20-21-22(23)24;1-2-3-4-5-6-7-8-9-10-11-12-13-14-15-16-17-18-19-20(21)22;1-2-3-4-5-6-7-8-9-10-11-12-13-14-15-16-17-18(19)20/h2-21H2,1H3,(H,23,24);2-19H2,1H3,(H,21,22);2-17H2,1H3,(H,19,20). The van der Waals surface area contributed by atoms with Crippen LogP contribution in [-0.4, -0.2) is 33.2 Å². The van der Waals surface area contributed by atoms with Crippen molar-refractivity contribution < 1.29 is 29.7 Å². The van der Waals surface area contributed by atoms with Crippen LogP contribution in [0.5, 0.6) is 0 Å². The predicted octanol–water partition coefficient (Wildman–Crippen LogP) is 21.3. The van der Waals surface area contributed by atoms with E-state index in [-0.39, 0.29) is 0 Å². The van der Waals surface area contributed by atoms with E-state index in [0.717, 1.165) is 38.5 Å². The molecule has 3 N–H and O–H groups in total. The van der Waals surface area contributed by atoms with Crippen LogP contribution in [0, 0.1) is 0 Å². The van der Waals surface area contributed by atoms with Gasteiger partial charge in [-0.05, 0) is 19.3 Å². The molecule has 66 heavy (non-hydrogen) atoms. The molecule has 0 rings (SSSR count). The zero-order valence-corrected chi connectivity index (χ0v) is 45.3. The van der Waals surface area contributed by atoms with Crippen LogP contribution < -0.4 is 0 Å². The first-order valence-corrected chi connectivity index (χ1v) is 30.0. The predicted molar refractivity (Wildman–Crippen MR) is 289 cm³/mol. The third-order valence-electron chi connectivity index (χ3n) is 13.5. The summed E-state index contributed by atoms with van der Waals surface area (Å²) in [5.41, 5.74) is 0. The SMILES string of the molecule is CCCCCCCCCCCCCCCCCC(=O)O.CCCCCCCCCCCCCCCCCCCC(=O)O.CCCCCCCCCCCCCCCCCCCCCC(=O)O. The topological polar surface area (TPSA) is 112 Å². The zero-order chi connectivity index (χ0) is 48.9. The maximum absolute atomic E-state index is 10.4. The molecular weight excluding hydrogens is 817 g/mol. The number of carboxylic acid groups (broad SMARTS) is 3. The summed E-state index contributed by atoms with van der Waals surface area (Å²) >= 11 is 0. The van der Waals surface area contributed by atoms with Gasteiger partial charge in [0.25, 0.3) is 0 Å². The maximum Gasteiger partial charge on any atom is 0.303 e. The van der Waals surface area contributed by atoms with Crippen molar-refractivity contribution in [2.24, 2.45) is 0 Å². The summed E-state index contributed by atoms with van der Waals surface area (Å²) in [4.78, 5) is 31.1. The molecule has 0 unspecified atom stereocenters. The van der Waals surface area contributed by atoms with E-state index in [1.165, 1.54) is 289 Å². The Balaban J connectivity index is -0.000000906. The number of aliphatic carboxylic acids is 3. The Kier molecular flexibility index (Phi) is 68.1. The molecule has 0 aromatic carbocycles. The Morgan fingerprint density at radius 1 is 0.182 bits per heavy atom. The third-order valence-corrected chi connectivity index (χ3v) is 13.5. The molecule has 0 bridgehead atoms. The van der Waals surface area contributed by atoms with Gasteiger partial charge < -0.3 is 15.3 Å². The largest absolute Gasteiger partial charge is 0.481 e. The van der Waals surface area contributed by atoms with Gasteiger partial charge in [-0.25, -0.2) is 0 Å². The summed E-state index contributed by atoms with van der Waals surface area (Å²) in [7, 11) is 0. The molecule has 0 fully saturated rings. The molecule has 0 radical (unpaired) electrons. The Morgan fingerprint density at radius 3 is 0.364 bits per heavy atom. The molecule has 0 heterocycles. The summed E-state index contributed by atoms with van der Waals surface area (Å²) in [6.07, 6.45) is 69.4. The molecule has 396 valence electrons. The fraction of sp³-hybridized carbons (Fsp3) is 0.950. The van der Waals surface area contributed by atoms with Gasteiger partial charge in [0.2, 0.25) is 0 Å². The van der Waals surface area contributed by atoms with E-state index < -0.39 is 17.9 Å². The van der Waals surface area contributed by atoms with Crippen molar-refractivity contribution in [3.8, 4) is 0 Å². The number of carbonyl (C=O) groups is 3. The van der Waals surface area contributed by atoms with Crippen LogP contribution in [0.1, 0.15) is 367 Å². The summed E-state index contributed by atoms with van der Waals surface area (Å²) in [5, 5.41) is 25.6. The lowest BCUT2D eigenvalue weighted by molar-refractivity contribution is -0.138. The van der Waals surface area contributed by atoms with E-state index in [2.05, 4.69) is 20.8 Å². The van der Waals surface area contributed by atoms with Crippen molar-refractivity contribution in [2.45, 2.75) is 367 Å². The maximum atomic E-state index is 10.4. The lowest BCUT2D eigenvalue weighted by atomic mass is 10.0. The molecule has 0 saturated heterocycles. The monoisotopic (exact) mass is 937 g/mol. The van der Waals surface area contributed by atoms with Crippen molar-refractivity contribution in [1.29, 1.82) is 0 Å². The van der Waals surface area contributed by atoms with Crippen LogP contribution in [0.2, 0.25) is 0 Å². The van der Waals surface area contributed by atoms with Gasteiger partial charge in [0, 0.05) is 19.3 Å². The summed E-state index contributed by atoms with van der Waals surface area (Å²) in [5.74, 6) is -1.96. The zero-order valence-electron chi connectivity index (χ0n) is 45.3. The van der Waals surface area contributed by atoms with Gasteiger partial charge in [-0.1, -0.05) is 329 Å². The molecule has 6 heteroatoms. The normalized spacial score (nSPS) is 11.0. The Hall–Kier alpha value is -1.59. The average molecular weight is 938 g/mol. The van der Waals surface area contributed by atoms with Crippen LogP contribution in [0.3, 0.4) is 0 Å². The van der Waals surface area contributed by atoms with Gasteiger partial charge in [-0.15, -0.1) is 0 Å². The fourth-order valence-corrected chi connectivity index (χ4v) is 9.00. The van der Waals surface area contributed by atoms with Gasteiger partial charge in [-0.3, -0.25) is 14.4 Å². The summed E-state index contributed by atoms with van der Waals surface area (Å²) in [6.45, 7) is 6.83. The van der Waals surface area contributed by atoms with Gasteiger partial charge in [0.1, 0.15) is 0 Å². The van der Waals surface area contributed by atoms with E-state index in [1.54, 1.807) is 0 Å². The first-order valence-electron chi connectivity index (χ1n) is 30.0.